The molecule has 0 aliphatic carbocycles. The number of hydrogen-bond acceptors (Lipinski definition) is 5. The molecule has 0 saturated carbocycles. The third kappa shape index (κ3) is 48.5. The number of amides is 1. The van der Waals surface area contributed by atoms with Gasteiger partial charge in [-0.3, -0.25) is 4.18 Å². The molecule has 2 atom stereocenters. The molecule has 9 heteroatoms. The maximum Gasteiger partial charge on any atom is 1.00 e. The number of ether oxygens (including phenoxy) is 1. The summed E-state index contributed by atoms with van der Waals surface area (Å²) >= 11 is 0. The smallest absolute Gasteiger partial charge is 0.694 e. The summed E-state index contributed by atoms with van der Waals surface area (Å²) in [5, 5.41) is 2.71. The van der Waals surface area contributed by atoms with E-state index in [4.69, 9.17) is 11.2 Å². The number of carbonyl (C=O) groups excluding carboxylic acids is 1. The van der Waals surface area contributed by atoms with Gasteiger partial charge in [-0.2, -0.15) is 14.8 Å². The van der Waals surface area contributed by atoms with Crippen molar-refractivity contribution in [1.29, 1.82) is 0 Å². The normalized spacial score (nSPS) is 14.8. The van der Waals surface area contributed by atoms with E-state index in [1.54, 1.807) is 20.8 Å². The molecule has 0 bridgehead atoms. The van der Waals surface area contributed by atoms with Crippen LogP contribution in [0.5, 0.6) is 0 Å². The topological polar surface area (TPSA) is 81.7 Å². The van der Waals surface area contributed by atoms with E-state index in [0.29, 0.717) is 13.0 Å². The molecule has 34 heavy (non-hydrogen) atoms. The molecule has 1 rings (SSSR count). The number of rotatable bonds is 3. The van der Waals surface area contributed by atoms with Crippen molar-refractivity contribution in [3.8, 4) is 30.1 Å². The summed E-state index contributed by atoms with van der Waals surface area (Å²) < 4.78 is 30.4. The van der Waals surface area contributed by atoms with Gasteiger partial charge in [-0.05, 0) is 54.4 Å². The second-order valence-corrected chi connectivity index (χ2v) is 9.37. The fraction of sp³-hybridized carbons (Fsp3) is 0.680. The van der Waals surface area contributed by atoms with Gasteiger partial charge >= 0.3 is 43.8 Å². The van der Waals surface area contributed by atoms with Gasteiger partial charge in [-0.25, -0.2) is 4.79 Å². The zero-order valence-corrected chi connectivity index (χ0v) is 24.2. The van der Waals surface area contributed by atoms with E-state index in [2.05, 4.69) is 47.5 Å². The van der Waals surface area contributed by atoms with Crippen LogP contribution in [0.3, 0.4) is 0 Å². The summed E-state index contributed by atoms with van der Waals surface area (Å²) in [6.45, 7) is 20.3. The Morgan fingerprint density at radius 2 is 1.71 bits per heavy atom. The van der Waals surface area contributed by atoms with Crippen LogP contribution in [0.1, 0.15) is 81.6 Å². The predicted molar refractivity (Wildman–Crippen MR) is 133 cm³/mol. The van der Waals surface area contributed by atoms with E-state index >= 15 is 0 Å². The first-order valence-electron chi connectivity index (χ1n) is 10.5. The van der Waals surface area contributed by atoms with Crippen molar-refractivity contribution in [3.05, 3.63) is 13.3 Å². The molecular formula is C25H43Li2NO5S. The van der Waals surface area contributed by atoms with Crippen LogP contribution in [0.4, 0.5) is 4.79 Å². The second kappa shape index (κ2) is 30.1. The van der Waals surface area contributed by atoms with E-state index in [1.165, 1.54) is 6.42 Å². The molecule has 0 aromatic heterocycles. The third-order valence-electron chi connectivity index (χ3n) is 2.72. The number of nitrogens with one attached hydrogen (secondary N) is 1. The fourth-order valence-corrected chi connectivity index (χ4v) is 2.81. The minimum atomic E-state index is -3.10. The maximum absolute atomic E-state index is 11.3. The summed E-state index contributed by atoms with van der Waals surface area (Å²) in [5.41, 5.74) is -0.444. The predicted octanol–water partition coefficient (Wildman–Crippen LogP) is -0.840. The Hall–Kier alpha value is -0.945. The molecule has 0 aromatic carbocycles. The van der Waals surface area contributed by atoms with Crippen molar-refractivity contribution in [2.75, 3.05) is 12.4 Å². The monoisotopic (exact) mass is 483 g/mol. The molecule has 0 unspecified atom stereocenters. The summed E-state index contributed by atoms with van der Waals surface area (Å²) in [7, 11) is -3.10. The molecule has 1 fully saturated rings. The van der Waals surface area contributed by atoms with Gasteiger partial charge in [0.15, 0.2) is 0 Å². The van der Waals surface area contributed by atoms with Crippen LogP contribution in [0.2, 0.25) is 0 Å². The van der Waals surface area contributed by atoms with Crippen LogP contribution in [0.15, 0.2) is 0 Å². The first-order chi connectivity index (χ1) is 14.7. The van der Waals surface area contributed by atoms with Crippen molar-refractivity contribution in [2.24, 2.45) is 5.92 Å². The Morgan fingerprint density at radius 3 is 1.91 bits per heavy atom. The molecule has 0 radical (unpaired) electrons. The van der Waals surface area contributed by atoms with Gasteiger partial charge in [0.25, 0.3) is 10.1 Å². The van der Waals surface area contributed by atoms with Crippen LogP contribution in [-0.2, 0) is 19.0 Å². The van der Waals surface area contributed by atoms with Gasteiger partial charge in [0, 0.05) is 12.5 Å². The Bertz CT molecular complexity index is 695. The number of terminal acetylenes is 1. The largest absolute Gasteiger partial charge is 1.00 e. The van der Waals surface area contributed by atoms with Crippen LogP contribution < -0.4 is 43.0 Å². The molecule has 1 aliphatic rings. The Morgan fingerprint density at radius 1 is 1.29 bits per heavy atom. The zero-order valence-electron chi connectivity index (χ0n) is 23.4. The van der Waals surface area contributed by atoms with Gasteiger partial charge in [0.1, 0.15) is 5.60 Å². The number of carbonyl (C=O) groups is 1. The van der Waals surface area contributed by atoms with Crippen molar-refractivity contribution < 1.29 is 59.9 Å². The summed E-state index contributed by atoms with van der Waals surface area (Å²) in [6, 6.07) is 0.0253. The van der Waals surface area contributed by atoms with E-state index in [1.807, 2.05) is 40.5 Å². The van der Waals surface area contributed by atoms with E-state index < -0.39 is 15.7 Å². The van der Waals surface area contributed by atoms with Crippen molar-refractivity contribution in [1.82, 2.24) is 5.32 Å². The summed E-state index contributed by atoms with van der Waals surface area (Å²) in [6.07, 6.45) is 13.1. The average Bonchev–Trinajstić information content (AvgIpc) is 2.97. The second-order valence-electron chi connectivity index (χ2n) is 7.68. The average molecular weight is 484 g/mol. The van der Waals surface area contributed by atoms with Gasteiger partial charge < -0.3 is 29.3 Å². The Kier molecular flexibility index (Phi) is 41.1. The fourth-order valence-electron chi connectivity index (χ4n) is 1.48. The molecule has 1 amide bonds. The number of alkyl carbamates (subject to hydrolysis) is 1. The summed E-state index contributed by atoms with van der Waals surface area (Å²) in [4.78, 5) is 11.3. The maximum atomic E-state index is 11.3. The first kappa shape index (κ1) is 46.4. The molecule has 0 aromatic rings. The summed E-state index contributed by atoms with van der Waals surface area (Å²) in [5.74, 6) is 10.3. The molecule has 1 aliphatic heterocycles. The van der Waals surface area contributed by atoms with Crippen molar-refractivity contribution in [3.63, 3.8) is 0 Å². The van der Waals surface area contributed by atoms with Crippen molar-refractivity contribution in [2.45, 2.75) is 93.2 Å². The molecular weight excluding hydrogens is 440 g/mol. The minimum Gasteiger partial charge on any atom is -0.694 e. The molecule has 186 valence electrons. The Labute approximate surface area is 235 Å². The zero-order chi connectivity index (χ0) is 26.2. The molecule has 6 nitrogen and oxygen atoms in total. The number of unbranched alkanes of at least 4 members (excludes halogenated alkanes) is 1. The number of hydrogen-bond donors (Lipinski definition) is 1. The van der Waals surface area contributed by atoms with E-state index in [9.17, 15) is 13.2 Å². The van der Waals surface area contributed by atoms with Gasteiger partial charge in [0.2, 0.25) is 0 Å². The van der Waals surface area contributed by atoms with Crippen LogP contribution >= 0.6 is 0 Å². The van der Waals surface area contributed by atoms with E-state index in [0.717, 1.165) is 6.42 Å². The van der Waals surface area contributed by atoms with E-state index in [-0.39, 0.29) is 61.5 Å². The minimum absolute atomic E-state index is 0. The molecule has 1 heterocycles. The molecule has 1 saturated heterocycles. The van der Waals surface area contributed by atoms with Gasteiger partial charge in [-0.15, -0.1) is 24.2 Å². The van der Waals surface area contributed by atoms with Crippen molar-refractivity contribution >= 4 is 16.2 Å². The SMILES string of the molecule is C#CC.CC#CC[C@@H](C)NC(=O)OC(C)(C)C.C[C@@H]1COS(=O)(=O)C1.[C-]#CC.[CH2-]CCC.[Li+].[Li+]. The first-order valence-corrected chi connectivity index (χ1v) is 12.0. The van der Waals surface area contributed by atoms with Crippen LogP contribution in [0, 0.1) is 49.4 Å². The van der Waals surface area contributed by atoms with Crippen LogP contribution in [-0.4, -0.2) is 38.5 Å². The third-order valence-corrected chi connectivity index (χ3v) is 4.19. The quantitative estimate of drug-likeness (QED) is 0.245. The molecule has 1 N–H and O–H groups in total. The van der Waals surface area contributed by atoms with Gasteiger partial charge in [-0.1, -0.05) is 20.3 Å². The Balaban J connectivity index is -0.0000000831. The molecule has 0 spiro atoms. The van der Waals surface area contributed by atoms with Gasteiger partial charge in [0.05, 0.1) is 12.4 Å². The standard InChI is InChI=1S/C11H19NO2.C4H8O3S.C4H9.C3H4.C3H3.2Li/c1-6-7-8-9(2)12-10(13)14-11(3,4)5;1-4-2-7-8(5,6)3-4;1-3-4-2;2*1-3-2;;/h9H,8H2,1-5H3,(H,12,13);4H,2-3H2,1H3;1,3-4H2,2H3;1H,2H3;1H3;;/q;;-1;;-1;2*+1/t9-;4-;;;;;/m11...../s1. The van der Waals surface area contributed by atoms with Crippen LogP contribution in [0.25, 0.3) is 0 Å².